The minimum atomic E-state index is 0.802. The van der Waals surface area contributed by atoms with Gasteiger partial charge in [0.2, 0.25) is 0 Å². The van der Waals surface area contributed by atoms with Crippen molar-refractivity contribution in [2.24, 2.45) is 0 Å². The van der Waals surface area contributed by atoms with E-state index in [1.54, 1.807) is 0 Å². The predicted molar refractivity (Wildman–Crippen MR) is 76.3 cm³/mol. The van der Waals surface area contributed by atoms with Gasteiger partial charge in [0.15, 0.2) is 0 Å². The Bertz CT molecular complexity index is 783. The molecular formula is C16H12ClN. The van der Waals surface area contributed by atoms with E-state index in [9.17, 15) is 0 Å². The Morgan fingerprint density at radius 1 is 1.11 bits per heavy atom. The van der Waals surface area contributed by atoms with Gasteiger partial charge in [-0.1, -0.05) is 29.3 Å². The molecule has 4 rings (SSSR count). The zero-order chi connectivity index (χ0) is 12.3. The van der Waals surface area contributed by atoms with Gasteiger partial charge in [0.25, 0.3) is 0 Å². The van der Waals surface area contributed by atoms with Crippen LogP contribution in [0.3, 0.4) is 0 Å². The van der Waals surface area contributed by atoms with Crippen LogP contribution in [0.5, 0.6) is 0 Å². The fourth-order valence-corrected chi connectivity index (χ4v) is 3.07. The topological polar surface area (TPSA) is 15.8 Å². The number of fused-ring (bicyclic) bond motifs is 5. The molecule has 2 heteroatoms. The van der Waals surface area contributed by atoms with Crippen molar-refractivity contribution < 1.29 is 0 Å². The van der Waals surface area contributed by atoms with E-state index >= 15 is 0 Å². The Balaban J connectivity index is 2.06. The molecule has 0 bridgehead atoms. The average molecular weight is 254 g/mol. The summed E-state index contributed by atoms with van der Waals surface area (Å²) in [6, 6.07) is 12.7. The summed E-state index contributed by atoms with van der Waals surface area (Å²) >= 11 is 6.10. The van der Waals surface area contributed by atoms with Crippen molar-refractivity contribution in [2.45, 2.75) is 13.3 Å². The molecule has 1 aliphatic carbocycles. The lowest BCUT2D eigenvalue weighted by atomic mass is 10.1. The van der Waals surface area contributed by atoms with Crippen LogP contribution in [-0.4, -0.2) is 4.98 Å². The Kier molecular flexibility index (Phi) is 1.93. The number of benzene rings is 2. The first-order valence-electron chi connectivity index (χ1n) is 6.12. The van der Waals surface area contributed by atoms with Crippen LogP contribution in [0.2, 0.25) is 5.02 Å². The maximum absolute atomic E-state index is 6.10. The van der Waals surface area contributed by atoms with E-state index < -0.39 is 0 Å². The second kappa shape index (κ2) is 3.39. The molecule has 0 saturated heterocycles. The van der Waals surface area contributed by atoms with Crippen LogP contribution in [0.1, 0.15) is 16.7 Å². The minimum Gasteiger partial charge on any atom is -0.354 e. The van der Waals surface area contributed by atoms with Crippen LogP contribution in [0.25, 0.3) is 22.2 Å². The lowest BCUT2D eigenvalue weighted by Gasteiger charge is -2.00. The molecule has 0 unspecified atom stereocenters. The maximum Gasteiger partial charge on any atom is 0.0504 e. The van der Waals surface area contributed by atoms with Crippen LogP contribution < -0.4 is 0 Å². The molecule has 0 saturated carbocycles. The third-order valence-electron chi connectivity index (χ3n) is 3.77. The highest BCUT2D eigenvalue weighted by Crippen LogP contribution is 2.41. The van der Waals surface area contributed by atoms with Crippen molar-refractivity contribution in [2.75, 3.05) is 0 Å². The highest BCUT2D eigenvalue weighted by Gasteiger charge is 2.22. The van der Waals surface area contributed by atoms with E-state index in [-0.39, 0.29) is 0 Å². The summed E-state index contributed by atoms with van der Waals surface area (Å²) in [4.78, 5) is 3.53. The largest absolute Gasteiger partial charge is 0.354 e. The van der Waals surface area contributed by atoms with E-state index in [4.69, 9.17) is 11.6 Å². The number of aromatic amines is 1. The summed E-state index contributed by atoms with van der Waals surface area (Å²) in [6.07, 6.45) is 1.01. The zero-order valence-corrected chi connectivity index (χ0v) is 10.8. The normalized spacial score (nSPS) is 12.8. The number of H-pyrrole nitrogens is 1. The van der Waals surface area contributed by atoms with Gasteiger partial charge in [-0.3, -0.25) is 0 Å². The molecule has 0 amide bonds. The number of aryl methyl sites for hydroxylation is 1. The number of hydrogen-bond acceptors (Lipinski definition) is 0. The quantitative estimate of drug-likeness (QED) is 0.468. The smallest absolute Gasteiger partial charge is 0.0504 e. The summed E-state index contributed by atoms with van der Waals surface area (Å²) in [5.74, 6) is 0. The zero-order valence-electron chi connectivity index (χ0n) is 10.0. The molecule has 88 valence electrons. The SMILES string of the molecule is Cc1ccc2[nH]c3c(c2c1)Cc1ccc(Cl)cc1-3. The molecule has 18 heavy (non-hydrogen) atoms. The van der Waals surface area contributed by atoms with Gasteiger partial charge in [0.1, 0.15) is 0 Å². The monoisotopic (exact) mass is 253 g/mol. The fourth-order valence-electron chi connectivity index (χ4n) is 2.90. The first kappa shape index (κ1) is 10.2. The van der Waals surface area contributed by atoms with E-state index in [1.165, 1.54) is 38.9 Å². The number of nitrogens with one attached hydrogen (secondary N) is 1. The molecule has 0 aliphatic heterocycles. The second-order valence-corrected chi connectivity index (χ2v) is 5.44. The van der Waals surface area contributed by atoms with Crippen molar-refractivity contribution >= 4 is 22.5 Å². The lowest BCUT2D eigenvalue weighted by Crippen LogP contribution is -1.82. The molecule has 1 N–H and O–H groups in total. The molecule has 0 atom stereocenters. The highest BCUT2D eigenvalue weighted by atomic mass is 35.5. The summed E-state index contributed by atoms with van der Waals surface area (Å²) in [5, 5.41) is 2.15. The third-order valence-corrected chi connectivity index (χ3v) is 4.01. The number of hydrogen-bond donors (Lipinski definition) is 1. The molecule has 0 spiro atoms. The van der Waals surface area contributed by atoms with E-state index in [1.807, 2.05) is 6.07 Å². The Morgan fingerprint density at radius 3 is 2.89 bits per heavy atom. The van der Waals surface area contributed by atoms with Crippen LogP contribution in [-0.2, 0) is 6.42 Å². The first-order valence-corrected chi connectivity index (χ1v) is 6.50. The number of aromatic nitrogens is 1. The van der Waals surface area contributed by atoms with Crippen molar-refractivity contribution in [1.82, 2.24) is 4.98 Å². The first-order chi connectivity index (χ1) is 8.72. The average Bonchev–Trinajstić information content (AvgIpc) is 2.86. The molecule has 1 aliphatic rings. The fraction of sp³-hybridized carbons (Fsp3) is 0.125. The molecular weight excluding hydrogens is 242 g/mol. The van der Waals surface area contributed by atoms with Gasteiger partial charge in [-0.15, -0.1) is 0 Å². The Hall–Kier alpha value is -1.73. The lowest BCUT2D eigenvalue weighted by molar-refractivity contribution is 1.29. The molecule has 1 nitrogen and oxygen atoms in total. The molecule has 2 aromatic carbocycles. The summed E-state index contributed by atoms with van der Waals surface area (Å²) < 4.78 is 0. The van der Waals surface area contributed by atoms with E-state index in [0.29, 0.717) is 0 Å². The van der Waals surface area contributed by atoms with Crippen LogP contribution in [0, 0.1) is 6.92 Å². The van der Waals surface area contributed by atoms with E-state index in [2.05, 4.69) is 42.2 Å². The molecule has 1 aromatic heterocycles. The van der Waals surface area contributed by atoms with Crippen LogP contribution >= 0.6 is 11.6 Å². The maximum atomic E-state index is 6.10. The third kappa shape index (κ3) is 1.28. The van der Waals surface area contributed by atoms with Gasteiger partial charge in [-0.05, 0) is 42.3 Å². The van der Waals surface area contributed by atoms with Gasteiger partial charge in [-0.2, -0.15) is 0 Å². The van der Waals surface area contributed by atoms with Gasteiger partial charge in [0.05, 0.1) is 5.69 Å². The molecule has 0 fully saturated rings. The van der Waals surface area contributed by atoms with Crippen molar-refractivity contribution in [3.63, 3.8) is 0 Å². The predicted octanol–water partition coefficient (Wildman–Crippen LogP) is 4.70. The van der Waals surface area contributed by atoms with Gasteiger partial charge >= 0.3 is 0 Å². The summed E-state index contributed by atoms with van der Waals surface area (Å²) in [7, 11) is 0. The van der Waals surface area contributed by atoms with E-state index in [0.717, 1.165) is 11.4 Å². The number of halogens is 1. The second-order valence-electron chi connectivity index (χ2n) is 5.01. The Morgan fingerprint density at radius 2 is 2.00 bits per heavy atom. The highest BCUT2D eigenvalue weighted by molar-refractivity contribution is 6.31. The van der Waals surface area contributed by atoms with Crippen molar-refractivity contribution in [3.8, 4) is 11.3 Å². The van der Waals surface area contributed by atoms with Crippen molar-refractivity contribution in [3.05, 3.63) is 58.1 Å². The van der Waals surface area contributed by atoms with Crippen LogP contribution in [0.4, 0.5) is 0 Å². The van der Waals surface area contributed by atoms with Gasteiger partial charge in [-0.25, -0.2) is 0 Å². The molecule has 0 radical (unpaired) electrons. The Labute approximate surface area is 110 Å². The van der Waals surface area contributed by atoms with Crippen LogP contribution in [0.15, 0.2) is 36.4 Å². The number of rotatable bonds is 0. The summed E-state index contributed by atoms with van der Waals surface area (Å²) in [6.45, 7) is 2.14. The van der Waals surface area contributed by atoms with Gasteiger partial charge in [0, 0.05) is 27.9 Å². The minimum absolute atomic E-state index is 0.802. The summed E-state index contributed by atoms with van der Waals surface area (Å²) in [5.41, 5.74) is 7.80. The standard InChI is InChI=1S/C16H12ClN/c1-9-2-5-15-13(6-9)14-7-10-3-4-11(17)8-12(10)16(14)18-15/h2-6,8,18H,7H2,1H3. The molecule has 1 heterocycles. The molecule has 3 aromatic rings. The van der Waals surface area contributed by atoms with Crippen molar-refractivity contribution in [1.29, 1.82) is 0 Å². The van der Waals surface area contributed by atoms with Gasteiger partial charge < -0.3 is 4.98 Å².